The third-order valence-electron chi connectivity index (χ3n) is 1.09. The first kappa shape index (κ1) is 13.6. The van der Waals surface area contributed by atoms with Gasteiger partial charge in [0.1, 0.15) is 0 Å². The van der Waals surface area contributed by atoms with Crippen molar-refractivity contribution in [1.29, 1.82) is 0 Å². The quantitative estimate of drug-likeness (QED) is 0.166. The van der Waals surface area contributed by atoms with E-state index in [2.05, 4.69) is 26.0 Å². The molecule has 1 atom stereocenters. The Balaban J connectivity index is 3.39. The van der Waals surface area contributed by atoms with Crippen LogP contribution >= 0.6 is 15.9 Å². The predicted molar refractivity (Wildman–Crippen MR) is 51.7 cm³/mol. The average Bonchev–Trinajstić information content (AvgIpc) is 2.11. The van der Waals surface area contributed by atoms with Gasteiger partial charge >= 0.3 is 0 Å². The molecular formula is C6H12BrN3O4. The molecule has 0 aromatic heterocycles. The smallest absolute Gasteiger partial charge is 0.222 e. The lowest BCUT2D eigenvalue weighted by Crippen LogP contribution is -2.24. The number of hydrogen-bond acceptors (Lipinski definition) is 5. The van der Waals surface area contributed by atoms with Gasteiger partial charge in [0.2, 0.25) is 4.63 Å². The van der Waals surface area contributed by atoms with E-state index in [0.717, 1.165) is 0 Å². The van der Waals surface area contributed by atoms with E-state index in [1.807, 2.05) is 0 Å². The minimum Gasteiger partial charge on any atom is -0.394 e. The molecular weight excluding hydrogens is 258 g/mol. The third kappa shape index (κ3) is 8.24. The number of hydrogen-bond donors (Lipinski definition) is 2. The number of aliphatic hydroxyl groups excluding tert-OH is 1. The highest BCUT2D eigenvalue weighted by molar-refractivity contribution is 9.10. The molecule has 0 aliphatic heterocycles. The largest absolute Gasteiger partial charge is 0.394 e. The molecule has 0 aromatic carbocycles. The Morgan fingerprint density at radius 1 is 1.36 bits per heavy atom. The molecule has 1 unspecified atom stereocenters. The van der Waals surface area contributed by atoms with Crippen molar-refractivity contribution in [2.45, 2.75) is 4.63 Å². The van der Waals surface area contributed by atoms with Crippen molar-refractivity contribution in [1.82, 2.24) is 0 Å². The molecule has 2 N–H and O–H groups in total. The molecule has 8 heteroatoms. The van der Waals surface area contributed by atoms with Gasteiger partial charge in [0.05, 0.1) is 33.0 Å². The van der Waals surface area contributed by atoms with E-state index >= 15 is 0 Å². The Hall–Kier alpha value is -0.370. The van der Waals surface area contributed by atoms with Crippen LogP contribution < -0.4 is 0 Å². The molecule has 14 heavy (non-hydrogen) atoms. The monoisotopic (exact) mass is 269 g/mol. The molecule has 0 aliphatic carbocycles. The van der Waals surface area contributed by atoms with E-state index in [1.54, 1.807) is 0 Å². The molecule has 0 bridgehead atoms. The molecule has 0 heterocycles. The van der Waals surface area contributed by atoms with Crippen LogP contribution in [0.5, 0.6) is 0 Å². The van der Waals surface area contributed by atoms with E-state index < -0.39 is 4.63 Å². The van der Waals surface area contributed by atoms with E-state index in [9.17, 15) is 5.11 Å². The molecule has 0 aromatic rings. The zero-order valence-electron chi connectivity index (χ0n) is 7.47. The van der Waals surface area contributed by atoms with Crippen molar-refractivity contribution >= 4 is 15.9 Å². The molecule has 0 spiro atoms. The maximum absolute atomic E-state index is 9.21. The predicted octanol–water partition coefficient (Wildman–Crippen LogP) is 0.363. The van der Waals surface area contributed by atoms with Crippen LogP contribution in [-0.2, 0) is 9.47 Å². The van der Waals surface area contributed by atoms with Gasteiger partial charge in [0.25, 0.3) is 0 Å². The number of rotatable bonds is 8. The second-order valence-corrected chi connectivity index (χ2v) is 3.57. The summed E-state index contributed by atoms with van der Waals surface area (Å²) in [5, 5.41) is 20.6. The lowest BCUT2D eigenvalue weighted by Gasteiger charge is -2.14. The highest BCUT2D eigenvalue weighted by Crippen LogP contribution is 2.15. The highest BCUT2D eigenvalue weighted by Gasteiger charge is 2.20. The summed E-state index contributed by atoms with van der Waals surface area (Å²) < 4.78 is 8.10. The lowest BCUT2D eigenvalue weighted by atomic mass is 10.6. The van der Waals surface area contributed by atoms with Crippen molar-refractivity contribution in [3.8, 4) is 0 Å². The molecule has 0 radical (unpaired) electrons. The molecule has 0 saturated heterocycles. The molecule has 82 valence electrons. The summed E-state index contributed by atoms with van der Waals surface area (Å²) in [6.45, 7) is 0.591. The average molecular weight is 270 g/mol. The van der Waals surface area contributed by atoms with Crippen molar-refractivity contribution in [2.75, 3.05) is 33.0 Å². The SMILES string of the molecule is [N-]=[N+]=NC(O)(Br)COCCOCCO. The summed E-state index contributed by atoms with van der Waals surface area (Å²) in [7, 11) is 0. The van der Waals surface area contributed by atoms with Crippen LogP contribution in [0.3, 0.4) is 0 Å². The summed E-state index contributed by atoms with van der Waals surface area (Å²) >= 11 is 2.75. The van der Waals surface area contributed by atoms with Gasteiger partial charge in [-0.2, -0.15) is 0 Å². The number of ether oxygens (including phenoxy) is 2. The zero-order valence-corrected chi connectivity index (χ0v) is 9.05. The van der Waals surface area contributed by atoms with Crippen LogP contribution in [0.25, 0.3) is 10.4 Å². The Morgan fingerprint density at radius 2 is 2.00 bits per heavy atom. The molecule has 0 saturated carbocycles. The van der Waals surface area contributed by atoms with Gasteiger partial charge in [-0.1, -0.05) is 0 Å². The van der Waals surface area contributed by atoms with Gasteiger partial charge in [0.15, 0.2) is 0 Å². The topological polar surface area (TPSA) is 108 Å². The maximum atomic E-state index is 9.21. The number of alkyl halides is 1. The van der Waals surface area contributed by atoms with Crippen LogP contribution in [0.4, 0.5) is 0 Å². The fourth-order valence-corrected chi connectivity index (χ4v) is 0.817. The van der Waals surface area contributed by atoms with Gasteiger partial charge in [0, 0.05) is 4.91 Å². The number of aliphatic hydroxyl groups is 2. The van der Waals surface area contributed by atoms with Gasteiger partial charge < -0.3 is 19.7 Å². The van der Waals surface area contributed by atoms with Gasteiger partial charge in [-0.15, -0.1) is 0 Å². The Morgan fingerprint density at radius 3 is 2.57 bits per heavy atom. The van der Waals surface area contributed by atoms with Crippen LogP contribution in [0.2, 0.25) is 0 Å². The Kier molecular flexibility index (Phi) is 7.77. The van der Waals surface area contributed by atoms with Crippen LogP contribution in [-0.4, -0.2) is 47.9 Å². The van der Waals surface area contributed by atoms with Gasteiger partial charge in [-0.05, 0) is 26.6 Å². The summed E-state index contributed by atoms with van der Waals surface area (Å²) in [4.78, 5) is 2.42. The summed E-state index contributed by atoms with van der Waals surface area (Å²) in [5.41, 5.74) is 8.03. The van der Waals surface area contributed by atoms with Crippen molar-refractivity contribution < 1.29 is 19.7 Å². The Bertz CT molecular complexity index is 196. The first-order valence-corrected chi connectivity index (χ1v) is 4.65. The van der Waals surface area contributed by atoms with Crippen LogP contribution in [0, 0.1) is 0 Å². The van der Waals surface area contributed by atoms with Crippen LogP contribution in [0.15, 0.2) is 5.11 Å². The first-order chi connectivity index (χ1) is 6.62. The second kappa shape index (κ2) is 7.98. The van der Waals surface area contributed by atoms with E-state index in [0.29, 0.717) is 6.61 Å². The Labute approximate surface area is 89.4 Å². The van der Waals surface area contributed by atoms with Crippen molar-refractivity contribution in [3.63, 3.8) is 0 Å². The number of nitrogens with zero attached hydrogens (tertiary/aromatic N) is 3. The summed E-state index contributed by atoms with van der Waals surface area (Å²) in [6.07, 6.45) is 0. The normalized spacial score (nSPS) is 14.5. The fraction of sp³-hybridized carbons (Fsp3) is 1.00. The van der Waals surface area contributed by atoms with Crippen molar-refractivity contribution in [3.05, 3.63) is 10.4 Å². The third-order valence-corrected chi connectivity index (χ3v) is 1.48. The molecule has 0 amide bonds. The zero-order chi connectivity index (χ0) is 10.9. The van der Waals surface area contributed by atoms with E-state index in [-0.39, 0.29) is 26.4 Å². The van der Waals surface area contributed by atoms with Gasteiger partial charge in [-0.3, -0.25) is 0 Å². The molecule has 0 aliphatic rings. The van der Waals surface area contributed by atoms with Crippen LogP contribution in [0.1, 0.15) is 0 Å². The van der Waals surface area contributed by atoms with E-state index in [1.165, 1.54) is 0 Å². The molecule has 0 rings (SSSR count). The number of azide groups is 1. The number of halogens is 1. The minimum atomic E-state index is -1.71. The fourth-order valence-electron chi connectivity index (χ4n) is 0.584. The first-order valence-electron chi connectivity index (χ1n) is 3.86. The highest BCUT2D eigenvalue weighted by atomic mass is 79.9. The minimum absolute atomic E-state index is 0.0406. The molecule has 0 fully saturated rings. The van der Waals surface area contributed by atoms with Crippen molar-refractivity contribution in [2.24, 2.45) is 5.11 Å². The lowest BCUT2D eigenvalue weighted by molar-refractivity contribution is -0.00949. The molecule has 7 nitrogen and oxygen atoms in total. The van der Waals surface area contributed by atoms with Gasteiger partial charge in [-0.25, -0.2) is 0 Å². The standard InChI is InChI=1S/C6H12BrN3O4/c7-6(12,9-10-8)5-14-4-3-13-2-1-11/h11-12H,1-5H2. The maximum Gasteiger partial charge on any atom is 0.222 e. The van der Waals surface area contributed by atoms with E-state index in [4.69, 9.17) is 20.1 Å². The summed E-state index contributed by atoms with van der Waals surface area (Å²) in [5.74, 6) is 0. The second-order valence-electron chi connectivity index (χ2n) is 2.30. The summed E-state index contributed by atoms with van der Waals surface area (Å²) in [6, 6.07) is 0.